The number of nitrogens with one attached hydrogen (secondary N) is 1. The standard InChI is InChI=1S/C15H14BrNO4S/c1-9-6-7-11(16)8-14(9)22(20,21)17-13-5-3-4-12(10(13)2)15(18)19/h3-8,17H,1-2H3,(H,18,19). The number of hydrogen-bond donors (Lipinski definition) is 2. The topological polar surface area (TPSA) is 83.5 Å². The second-order valence-electron chi connectivity index (χ2n) is 4.80. The SMILES string of the molecule is Cc1ccc(Br)cc1S(=O)(=O)Nc1cccc(C(=O)O)c1C. The van der Waals surface area contributed by atoms with E-state index in [1.54, 1.807) is 26.0 Å². The molecule has 0 spiro atoms. The number of anilines is 1. The smallest absolute Gasteiger partial charge is 0.336 e. The average molecular weight is 384 g/mol. The Morgan fingerprint density at radius 3 is 2.50 bits per heavy atom. The number of sulfonamides is 1. The lowest BCUT2D eigenvalue weighted by Gasteiger charge is -2.13. The van der Waals surface area contributed by atoms with Crippen molar-refractivity contribution in [3.05, 3.63) is 57.6 Å². The summed E-state index contributed by atoms with van der Waals surface area (Å²) in [5.74, 6) is -1.10. The first kappa shape index (κ1) is 16.5. The summed E-state index contributed by atoms with van der Waals surface area (Å²) in [6.45, 7) is 3.26. The van der Waals surface area contributed by atoms with Crippen LogP contribution in [0.3, 0.4) is 0 Å². The maximum Gasteiger partial charge on any atom is 0.336 e. The van der Waals surface area contributed by atoms with Gasteiger partial charge in [-0.05, 0) is 49.2 Å². The number of aromatic carboxylic acids is 1. The Hall–Kier alpha value is -1.86. The van der Waals surface area contributed by atoms with Crippen molar-refractivity contribution in [3.8, 4) is 0 Å². The summed E-state index contributed by atoms with van der Waals surface area (Å²) >= 11 is 3.25. The molecule has 7 heteroatoms. The molecule has 5 nitrogen and oxygen atoms in total. The van der Waals surface area contributed by atoms with E-state index in [0.717, 1.165) is 0 Å². The van der Waals surface area contributed by atoms with Crippen molar-refractivity contribution in [2.75, 3.05) is 4.72 Å². The van der Waals surface area contributed by atoms with Gasteiger partial charge in [0.05, 0.1) is 16.1 Å². The number of carbonyl (C=O) groups is 1. The molecule has 0 saturated carbocycles. The van der Waals surface area contributed by atoms with Crippen LogP contribution in [0, 0.1) is 13.8 Å². The molecule has 0 amide bonds. The third-order valence-electron chi connectivity index (χ3n) is 3.25. The third kappa shape index (κ3) is 3.31. The summed E-state index contributed by atoms with van der Waals surface area (Å²) in [6.07, 6.45) is 0. The Labute approximate surface area is 137 Å². The van der Waals surface area contributed by atoms with E-state index in [1.807, 2.05) is 0 Å². The van der Waals surface area contributed by atoms with Gasteiger partial charge in [-0.2, -0.15) is 0 Å². The molecule has 0 aliphatic rings. The van der Waals surface area contributed by atoms with Gasteiger partial charge in [0.1, 0.15) is 0 Å². The highest BCUT2D eigenvalue weighted by Gasteiger charge is 2.19. The summed E-state index contributed by atoms with van der Waals surface area (Å²) in [7, 11) is -3.80. The summed E-state index contributed by atoms with van der Waals surface area (Å²) in [4.78, 5) is 11.3. The highest BCUT2D eigenvalue weighted by molar-refractivity contribution is 9.10. The molecule has 2 N–H and O–H groups in total. The van der Waals surface area contributed by atoms with Crippen molar-refractivity contribution in [1.29, 1.82) is 0 Å². The van der Waals surface area contributed by atoms with Crippen LogP contribution in [0.1, 0.15) is 21.5 Å². The Morgan fingerprint density at radius 2 is 1.86 bits per heavy atom. The first-order chi connectivity index (χ1) is 10.2. The number of hydrogen-bond acceptors (Lipinski definition) is 3. The maximum atomic E-state index is 12.5. The average Bonchev–Trinajstić information content (AvgIpc) is 2.43. The predicted octanol–water partition coefficient (Wildman–Crippen LogP) is 3.56. The molecule has 0 aromatic heterocycles. The summed E-state index contributed by atoms with van der Waals surface area (Å²) in [5.41, 5.74) is 1.28. The molecule has 0 heterocycles. The zero-order chi connectivity index (χ0) is 16.5. The lowest BCUT2D eigenvalue weighted by Crippen LogP contribution is -2.16. The van der Waals surface area contributed by atoms with Crippen LogP contribution in [0.15, 0.2) is 45.8 Å². The van der Waals surface area contributed by atoms with Gasteiger partial charge >= 0.3 is 5.97 Å². The molecule has 0 radical (unpaired) electrons. The van der Waals surface area contributed by atoms with Gasteiger partial charge in [-0.15, -0.1) is 0 Å². The third-order valence-corrected chi connectivity index (χ3v) is 5.25. The zero-order valence-corrected chi connectivity index (χ0v) is 14.3. The fraction of sp³-hybridized carbons (Fsp3) is 0.133. The monoisotopic (exact) mass is 383 g/mol. The second-order valence-corrected chi connectivity index (χ2v) is 7.37. The molecule has 2 rings (SSSR count). The minimum absolute atomic E-state index is 0.0613. The van der Waals surface area contributed by atoms with Crippen molar-refractivity contribution >= 4 is 37.6 Å². The van der Waals surface area contributed by atoms with Crippen molar-refractivity contribution < 1.29 is 18.3 Å². The van der Waals surface area contributed by atoms with E-state index in [2.05, 4.69) is 20.7 Å². The fourth-order valence-corrected chi connectivity index (χ4v) is 3.95. The van der Waals surface area contributed by atoms with Gasteiger partial charge in [-0.1, -0.05) is 28.1 Å². The molecule has 0 fully saturated rings. The van der Waals surface area contributed by atoms with Gasteiger partial charge < -0.3 is 5.11 Å². The minimum atomic E-state index is -3.80. The Balaban J connectivity index is 2.48. The van der Waals surface area contributed by atoms with E-state index in [-0.39, 0.29) is 16.1 Å². The molecule has 0 atom stereocenters. The van der Waals surface area contributed by atoms with Crippen LogP contribution in [-0.4, -0.2) is 19.5 Å². The van der Waals surface area contributed by atoms with Gasteiger partial charge in [-0.3, -0.25) is 4.72 Å². The second kappa shape index (κ2) is 6.10. The van der Waals surface area contributed by atoms with Crippen LogP contribution in [0.4, 0.5) is 5.69 Å². The first-order valence-electron chi connectivity index (χ1n) is 6.34. The molecule has 0 bridgehead atoms. The predicted molar refractivity (Wildman–Crippen MR) is 87.8 cm³/mol. The van der Waals surface area contributed by atoms with E-state index in [1.165, 1.54) is 24.3 Å². The Bertz CT molecular complexity index is 847. The van der Waals surface area contributed by atoms with Crippen LogP contribution in [0.25, 0.3) is 0 Å². The lowest BCUT2D eigenvalue weighted by atomic mass is 10.1. The largest absolute Gasteiger partial charge is 0.478 e. The summed E-state index contributed by atoms with van der Waals surface area (Å²) in [6, 6.07) is 9.42. The minimum Gasteiger partial charge on any atom is -0.478 e. The molecule has 116 valence electrons. The van der Waals surface area contributed by atoms with Crippen molar-refractivity contribution in [2.45, 2.75) is 18.7 Å². The molecule has 2 aromatic rings. The fourth-order valence-electron chi connectivity index (χ4n) is 2.04. The number of aryl methyl sites for hydroxylation is 1. The number of rotatable bonds is 4. The summed E-state index contributed by atoms with van der Waals surface area (Å²) < 4.78 is 28.2. The van der Waals surface area contributed by atoms with E-state index in [0.29, 0.717) is 15.6 Å². The number of carboxylic acid groups (broad SMARTS) is 1. The molecule has 0 unspecified atom stereocenters. The molecule has 22 heavy (non-hydrogen) atoms. The van der Waals surface area contributed by atoms with Crippen LogP contribution in [-0.2, 0) is 10.0 Å². The Kier molecular flexibility index (Phi) is 4.58. The van der Waals surface area contributed by atoms with Crippen molar-refractivity contribution in [1.82, 2.24) is 0 Å². The highest BCUT2D eigenvalue weighted by Crippen LogP contribution is 2.25. The van der Waals surface area contributed by atoms with Gasteiger partial charge in [0.25, 0.3) is 10.0 Å². The quantitative estimate of drug-likeness (QED) is 0.844. The van der Waals surface area contributed by atoms with Crippen LogP contribution < -0.4 is 4.72 Å². The van der Waals surface area contributed by atoms with Gasteiger partial charge in [-0.25, -0.2) is 13.2 Å². The highest BCUT2D eigenvalue weighted by atomic mass is 79.9. The van der Waals surface area contributed by atoms with Crippen LogP contribution >= 0.6 is 15.9 Å². The van der Waals surface area contributed by atoms with E-state index < -0.39 is 16.0 Å². The van der Waals surface area contributed by atoms with Crippen molar-refractivity contribution in [3.63, 3.8) is 0 Å². The maximum absolute atomic E-state index is 12.5. The summed E-state index contributed by atoms with van der Waals surface area (Å²) in [5, 5.41) is 9.10. The molecular weight excluding hydrogens is 370 g/mol. The molecule has 2 aromatic carbocycles. The molecule has 0 aliphatic heterocycles. The zero-order valence-electron chi connectivity index (χ0n) is 11.9. The van der Waals surface area contributed by atoms with E-state index in [4.69, 9.17) is 5.11 Å². The number of benzene rings is 2. The molecule has 0 saturated heterocycles. The van der Waals surface area contributed by atoms with Gasteiger partial charge in [0.2, 0.25) is 0 Å². The van der Waals surface area contributed by atoms with E-state index >= 15 is 0 Å². The lowest BCUT2D eigenvalue weighted by molar-refractivity contribution is 0.0696. The first-order valence-corrected chi connectivity index (χ1v) is 8.62. The Morgan fingerprint density at radius 1 is 1.18 bits per heavy atom. The normalized spacial score (nSPS) is 11.2. The van der Waals surface area contributed by atoms with E-state index in [9.17, 15) is 13.2 Å². The number of halogens is 1. The van der Waals surface area contributed by atoms with Crippen LogP contribution in [0.2, 0.25) is 0 Å². The van der Waals surface area contributed by atoms with Gasteiger partial charge in [0, 0.05) is 4.47 Å². The van der Waals surface area contributed by atoms with Crippen LogP contribution in [0.5, 0.6) is 0 Å². The van der Waals surface area contributed by atoms with Crippen molar-refractivity contribution in [2.24, 2.45) is 0 Å². The molecular formula is C15H14BrNO4S. The molecule has 0 aliphatic carbocycles. The number of carboxylic acids is 1. The van der Waals surface area contributed by atoms with Gasteiger partial charge in [0.15, 0.2) is 0 Å².